The molecule has 0 spiro atoms. The second-order valence-corrected chi connectivity index (χ2v) is 9.68. The SMILES string of the molecule is O=C(Nc1ccc(Br)cc1)C(=O)Nn1c(C(=O)Nc2ccc(Br)cc2)cc2cc(Br)ccc21. The number of carbonyl (C=O) groups is 3. The van der Waals surface area contributed by atoms with E-state index in [1.807, 2.05) is 6.07 Å². The van der Waals surface area contributed by atoms with Crippen LogP contribution < -0.4 is 16.1 Å². The van der Waals surface area contributed by atoms with E-state index in [4.69, 9.17) is 0 Å². The van der Waals surface area contributed by atoms with Crippen molar-refractivity contribution in [1.29, 1.82) is 0 Å². The molecule has 3 aromatic carbocycles. The number of nitrogens with zero attached hydrogens (tertiary/aromatic N) is 1. The highest BCUT2D eigenvalue weighted by molar-refractivity contribution is 9.11. The predicted octanol–water partition coefficient (Wildman–Crippen LogP) is 5.89. The maximum Gasteiger partial charge on any atom is 0.328 e. The van der Waals surface area contributed by atoms with Crippen LogP contribution in [-0.4, -0.2) is 22.4 Å². The molecule has 0 atom stereocenters. The number of carbonyl (C=O) groups excluding carboxylic acids is 3. The van der Waals surface area contributed by atoms with Gasteiger partial charge >= 0.3 is 11.8 Å². The molecule has 0 aliphatic rings. The van der Waals surface area contributed by atoms with E-state index in [2.05, 4.69) is 63.8 Å². The number of benzene rings is 3. The maximum absolute atomic E-state index is 13.0. The normalized spacial score (nSPS) is 10.6. The average molecular weight is 635 g/mol. The van der Waals surface area contributed by atoms with Crippen LogP contribution in [0.15, 0.2) is 86.2 Å². The molecule has 0 unspecified atom stereocenters. The monoisotopic (exact) mass is 632 g/mol. The zero-order chi connectivity index (χ0) is 23.5. The van der Waals surface area contributed by atoms with E-state index >= 15 is 0 Å². The molecule has 1 heterocycles. The summed E-state index contributed by atoms with van der Waals surface area (Å²) in [6.07, 6.45) is 0. The van der Waals surface area contributed by atoms with Crippen LogP contribution in [-0.2, 0) is 9.59 Å². The molecule has 4 aromatic rings. The molecule has 0 fully saturated rings. The summed E-state index contributed by atoms with van der Waals surface area (Å²) in [4.78, 5) is 38.2. The highest BCUT2D eigenvalue weighted by Gasteiger charge is 2.21. The minimum atomic E-state index is -0.920. The van der Waals surface area contributed by atoms with Crippen LogP contribution in [0.25, 0.3) is 10.9 Å². The van der Waals surface area contributed by atoms with Crippen LogP contribution in [0.1, 0.15) is 10.5 Å². The zero-order valence-corrected chi connectivity index (χ0v) is 21.5. The molecule has 3 amide bonds. The Labute approximate surface area is 213 Å². The van der Waals surface area contributed by atoms with Gasteiger partial charge in [0.25, 0.3) is 5.91 Å². The Morgan fingerprint density at radius 3 is 1.79 bits per heavy atom. The summed E-state index contributed by atoms with van der Waals surface area (Å²) in [6, 6.07) is 20.9. The Kier molecular flexibility index (Phi) is 6.96. The van der Waals surface area contributed by atoms with Gasteiger partial charge in [0, 0.05) is 30.2 Å². The summed E-state index contributed by atoms with van der Waals surface area (Å²) in [7, 11) is 0. The van der Waals surface area contributed by atoms with Crippen LogP contribution >= 0.6 is 47.8 Å². The van der Waals surface area contributed by atoms with E-state index in [1.54, 1.807) is 66.7 Å². The Morgan fingerprint density at radius 2 is 1.18 bits per heavy atom. The fraction of sp³-hybridized carbons (Fsp3) is 0. The largest absolute Gasteiger partial charge is 0.328 e. The molecule has 0 saturated carbocycles. The first-order valence-corrected chi connectivity index (χ1v) is 11.9. The van der Waals surface area contributed by atoms with Crippen molar-refractivity contribution in [3.63, 3.8) is 0 Å². The van der Waals surface area contributed by atoms with E-state index in [1.165, 1.54) is 4.68 Å². The summed E-state index contributed by atoms with van der Waals surface area (Å²) in [5, 5.41) is 6.04. The molecule has 0 aliphatic heterocycles. The number of hydrogen-bond donors (Lipinski definition) is 3. The van der Waals surface area contributed by atoms with E-state index in [0.717, 1.165) is 13.4 Å². The molecule has 3 N–H and O–H groups in total. The second-order valence-electron chi connectivity index (χ2n) is 6.93. The second kappa shape index (κ2) is 9.90. The fourth-order valence-electron chi connectivity index (χ4n) is 3.08. The summed E-state index contributed by atoms with van der Waals surface area (Å²) in [5.74, 6) is -2.23. The maximum atomic E-state index is 13.0. The average Bonchev–Trinajstić information content (AvgIpc) is 3.14. The minimum Gasteiger partial charge on any atom is -0.321 e. The van der Waals surface area contributed by atoms with Gasteiger partial charge in [-0.25, -0.2) is 4.68 Å². The fourth-order valence-corrected chi connectivity index (χ4v) is 3.98. The molecular formula is C23H15Br3N4O3. The van der Waals surface area contributed by atoms with Gasteiger partial charge < -0.3 is 10.6 Å². The smallest absolute Gasteiger partial charge is 0.321 e. The summed E-state index contributed by atoms with van der Waals surface area (Å²) in [5.41, 5.74) is 4.30. The number of amides is 3. The topological polar surface area (TPSA) is 92.2 Å². The molecule has 166 valence electrons. The van der Waals surface area contributed by atoms with Crippen molar-refractivity contribution >= 4 is 87.8 Å². The van der Waals surface area contributed by atoms with E-state index in [9.17, 15) is 14.4 Å². The molecule has 1 aromatic heterocycles. The van der Waals surface area contributed by atoms with Crippen molar-refractivity contribution in [1.82, 2.24) is 4.68 Å². The zero-order valence-electron chi connectivity index (χ0n) is 16.7. The molecule has 0 aliphatic carbocycles. The highest BCUT2D eigenvalue weighted by Crippen LogP contribution is 2.24. The lowest BCUT2D eigenvalue weighted by atomic mass is 10.2. The number of halogens is 3. The van der Waals surface area contributed by atoms with Gasteiger partial charge in [-0.3, -0.25) is 19.8 Å². The third-order valence-corrected chi connectivity index (χ3v) is 6.17. The first kappa shape index (κ1) is 23.2. The van der Waals surface area contributed by atoms with Gasteiger partial charge in [0.15, 0.2) is 0 Å². The molecule has 0 bridgehead atoms. The first-order chi connectivity index (χ1) is 15.8. The molecular weight excluding hydrogens is 620 g/mol. The number of hydrogen-bond acceptors (Lipinski definition) is 3. The Balaban J connectivity index is 1.61. The number of rotatable bonds is 4. The molecule has 7 nitrogen and oxygen atoms in total. The third kappa shape index (κ3) is 5.52. The summed E-state index contributed by atoms with van der Waals surface area (Å²) < 4.78 is 3.84. The molecule has 0 radical (unpaired) electrons. The Morgan fingerprint density at radius 1 is 0.636 bits per heavy atom. The van der Waals surface area contributed by atoms with Gasteiger partial charge in [-0.2, -0.15) is 0 Å². The van der Waals surface area contributed by atoms with Crippen LogP contribution in [0, 0.1) is 0 Å². The first-order valence-electron chi connectivity index (χ1n) is 9.56. The molecule has 0 saturated heterocycles. The van der Waals surface area contributed by atoms with Gasteiger partial charge in [-0.05, 0) is 72.8 Å². The van der Waals surface area contributed by atoms with Crippen molar-refractivity contribution in [2.75, 3.05) is 16.1 Å². The van der Waals surface area contributed by atoms with Crippen LogP contribution in [0.3, 0.4) is 0 Å². The van der Waals surface area contributed by atoms with Gasteiger partial charge in [-0.15, -0.1) is 0 Å². The standard InChI is InChI=1S/C23H15Br3N4O3/c24-14-1-6-17(7-2-14)27-21(31)20-12-13-11-16(26)5-10-19(13)30(20)29-23(33)22(32)28-18-8-3-15(25)4-9-18/h1-12H,(H,27,31)(H,28,32)(H,29,33). The van der Waals surface area contributed by atoms with Gasteiger partial charge in [0.1, 0.15) is 5.69 Å². The van der Waals surface area contributed by atoms with E-state index in [-0.39, 0.29) is 5.69 Å². The lowest BCUT2D eigenvalue weighted by Gasteiger charge is -2.13. The van der Waals surface area contributed by atoms with Crippen molar-refractivity contribution in [3.8, 4) is 0 Å². The number of aromatic nitrogens is 1. The van der Waals surface area contributed by atoms with Crippen molar-refractivity contribution in [2.45, 2.75) is 0 Å². The van der Waals surface area contributed by atoms with Crippen LogP contribution in [0.2, 0.25) is 0 Å². The minimum absolute atomic E-state index is 0.163. The van der Waals surface area contributed by atoms with E-state index < -0.39 is 17.7 Å². The van der Waals surface area contributed by atoms with Gasteiger partial charge in [-0.1, -0.05) is 47.8 Å². The predicted molar refractivity (Wildman–Crippen MR) is 139 cm³/mol. The lowest BCUT2D eigenvalue weighted by Crippen LogP contribution is -2.36. The quantitative estimate of drug-likeness (QED) is 0.245. The highest BCUT2D eigenvalue weighted by atomic mass is 79.9. The Hall–Kier alpha value is -2.95. The van der Waals surface area contributed by atoms with Crippen molar-refractivity contribution in [2.24, 2.45) is 0 Å². The van der Waals surface area contributed by atoms with Gasteiger partial charge in [0.05, 0.1) is 5.52 Å². The molecule has 33 heavy (non-hydrogen) atoms. The lowest BCUT2D eigenvalue weighted by molar-refractivity contribution is -0.133. The number of anilines is 2. The molecule has 4 rings (SSSR count). The van der Waals surface area contributed by atoms with Crippen molar-refractivity contribution in [3.05, 3.63) is 91.9 Å². The van der Waals surface area contributed by atoms with E-state index in [0.29, 0.717) is 22.3 Å². The number of nitrogens with one attached hydrogen (secondary N) is 3. The summed E-state index contributed by atoms with van der Waals surface area (Å²) >= 11 is 10.1. The summed E-state index contributed by atoms with van der Waals surface area (Å²) in [6.45, 7) is 0. The van der Waals surface area contributed by atoms with Crippen LogP contribution in [0.5, 0.6) is 0 Å². The van der Waals surface area contributed by atoms with Crippen LogP contribution in [0.4, 0.5) is 11.4 Å². The Bertz CT molecular complexity index is 1370. The molecule has 10 heteroatoms. The van der Waals surface area contributed by atoms with Crippen molar-refractivity contribution < 1.29 is 14.4 Å². The third-order valence-electron chi connectivity index (χ3n) is 4.62. The number of fused-ring (bicyclic) bond motifs is 1. The van der Waals surface area contributed by atoms with Gasteiger partial charge in [0.2, 0.25) is 0 Å².